The number of carbonyl (C=O) groups is 4. The molecule has 19 heteroatoms. The monoisotopic (exact) mass is 877 g/mol. The number of amides is 4. The number of hydrogen-bond acceptors (Lipinski definition) is 11. The number of aliphatic hydroxyl groups is 1. The number of pyridine rings is 1. The average Bonchev–Trinajstić information content (AvgIpc) is 4.05. The molecule has 6 atom stereocenters. The lowest BCUT2D eigenvalue weighted by molar-refractivity contribution is -0.147. The van der Waals surface area contributed by atoms with Gasteiger partial charge in [0.15, 0.2) is 11.4 Å². The Kier molecular flexibility index (Phi) is 11.1. The molecule has 4 N–H and O–H groups in total. The van der Waals surface area contributed by atoms with E-state index in [0.29, 0.717) is 38.5 Å². The number of nitrogens with zero attached hydrogens (tertiary/aromatic N) is 2. The van der Waals surface area contributed by atoms with Crippen LogP contribution in [0.15, 0.2) is 30.4 Å². The van der Waals surface area contributed by atoms with Gasteiger partial charge in [-0.3, -0.25) is 19.1 Å². The largest absolute Gasteiger partial charge is 0.497 e. The van der Waals surface area contributed by atoms with Crippen LogP contribution in [0.1, 0.15) is 110 Å². The molecule has 4 heterocycles. The van der Waals surface area contributed by atoms with E-state index in [1.807, 2.05) is 26.8 Å². The van der Waals surface area contributed by atoms with Crippen LogP contribution in [0.5, 0.6) is 11.5 Å². The molecule has 1 aromatic carbocycles. The van der Waals surface area contributed by atoms with Crippen molar-refractivity contribution in [1.29, 1.82) is 0 Å². The van der Waals surface area contributed by atoms with Crippen molar-refractivity contribution in [3.8, 4) is 11.5 Å². The minimum absolute atomic E-state index is 0.0165. The van der Waals surface area contributed by atoms with Crippen molar-refractivity contribution in [2.24, 2.45) is 11.3 Å². The first-order valence-electron chi connectivity index (χ1n) is 20.6. The van der Waals surface area contributed by atoms with Gasteiger partial charge < -0.3 is 34.9 Å². The van der Waals surface area contributed by atoms with Gasteiger partial charge in [0, 0.05) is 29.7 Å². The second-order valence-corrected chi connectivity index (χ2v) is 21.2. The van der Waals surface area contributed by atoms with Gasteiger partial charge in [-0.25, -0.2) is 18.2 Å². The number of alkyl halides is 3. The van der Waals surface area contributed by atoms with E-state index in [2.05, 4.69) is 20.3 Å². The lowest BCUT2D eigenvalue weighted by Gasteiger charge is -2.44. The Morgan fingerprint density at radius 1 is 1.10 bits per heavy atom. The molecule has 7 rings (SSSR count). The molecule has 3 aliphatic heterocycles. The third-order valence-electron chi connectivity index (χ3n) is 12.5. The maximum atomic E-state index is 14.9. The summed E-state index contributed by atoms with van der Waals surface area (Å²) in [5.41, 5.74) is -7.75. The Balaban J connectivity index is 1.30. The third kappa shape index (κ3) is 8.73. The van der Waals surface area contributed by atoms with Crippen LogP contribution in [-0.2, 0) is 40.9 Å². The molecule has 1 saturated heterocycles. The Morgan fingerprint density at radius 3 is 2.48 bits per heavy atom. The molecular weight excluding hydrogens is 824 g/mol. The van der Waals surface area contributed by atoms with E-state index >= 15 is 0 Å². The van der Waals surface area contributed by atoms with Crippen molar-refractivity contribution in [2.45, 2.75) is 139 Å². The number of aromatic nitrogens is 1. The van der Waals surface area contributed by atoms with E-state index in [-0.39, 0.29) is 41.7 Å². The van der Waals surface area contributed by atoms with Crippen LogP contribution in [0.3, 0.4) is 0 Å². The Labute approximate surface area is 352 Å². The summed E-state index contributed by atoms with van der Waals surface area (Å²) in [6.07, 6.45) is -0.00779. The molecule has 6 unspecified atom stereocenters. The number of alkyl carbamates (subject to hydrolysis) is 1. The SMILES string of the molecule is COc1ccc2nc(C(F)(F)F)c3c(c2c1)C(C)(O)CC1(CC2C(=O)NC4(C(=O)NS(=O)(=O)C5(C)CC5)CC4C=CCCCCCC(NC(=O)OCC(C)(C)C)C(=O)N2C1)O3. The standard InChI is InChI=1S/C42H54F3N5O10S/c1-37(2,3)23-59-36(54)47-28-13-11-9-7-8-10-12-24-19-41(24,35(53)49-61(56,57)38(4)16-17-38)48-33(51)29-20-40(22-50(29)34(28)52)21-39(5,55)30-26-18-25(58-6)14-15-27(26)46-32(31(30)60-40)42(43,44)45/h10,12,14-15,18,24,28-29,55H,7-9,11,13,16-17,19-23H2,1-6H3,(H,47,54)(H,48,51)(H,49,53). The molecule has 61 heavy (non-hydrogen) atoms. The quantitative estimate of drug-likeness (QED) is 0.281. The lowest BCUT2D eigenvalue weighted by atomic mass is 9.77. The fraction of sp³-hybridized carbons (Fsp3) is 0.643. The number of hydrogen-bond donors (Lipinski definition) is 4. The topological polar surface area (TPSA) is 203 Å². The number of methoxy groups -OCH3 is 1. The van der Waals surface area contributed by atoms with E-state index in [1.54, 1.807) is 6.08 Å². The molecule has 2 saturated carbocycles. The predicted octanol–water partition coefficient (Wildman–Crippen LogP) is 5.13. The van der Waals surface area contributed by atoms with E-state index in [4.69, 9.17) is 14.2 Å². The van der Waals surface area contributed by atoms with Crippen molar-refractivity contribution in [2.75, 3.05) is 20.3 Å². The summed E-state index contributed by atoms with van der Waals surface area (Å²) in [5, 5.41) is 17.8. The average molecular weight is 878 g/mol. The molecule has 5 aliphatic rings. The molecule has 0 radical (unpaired) electrons. The fourth-order valence-corrected chi connectivity index (χ4v) is 10.1. The van der Waals surface area contributed by atoms with Crippen LogP contribution in [-0.4, -0.2) is 95.5 Å². The van der Waals surface area contributed by atoms with Crippen LogP contribution < -0.4 is 24.8 Å². The fourth-order valence-electron chi connectivity index (χ4n) is 8.80. The lowest BCUT2D eigenvalue weighted by Crippen LogP contribution is -2.58. The Hall–Kier alpha value is -4.65. The van der Waals surface area contributed by atoms with Crippen molar-refractivity contribution < 1.29 is 60.1 Å². The highest BCUT2D eigenvalue weighted by atomic mass is 32.2. The van der Waals surface area contributed by atoms with Gasteiger partial charge in [-0.1, -0.05) is 45.8 Å². The minimum Gasteiger partial charge on any atom is -0.497 e. The smallest absolute Gasteiger partial charge is 0.437 e. The molecule has 1 spiro atoms. The first-order chi connectivity index (χ1) is 28.3. The van der Waals surface area contributed by atoms with Crippen LogP contribution in [0.25, 0.3) is 10.9 Å². The van der Waals surface area contributed by atoms with Gasteiger partial charge in [-0.2, -0.15) is 13.2 Å². The van der Waals surface area contributed by atoms with Crippen molar-refractivity contribution in [3.63, 3.8) is 0 Å². The molecule has 1 aromatic heterocycles. The molecule has 3 fully saturated rings. The van der Waals surface area contributed by atoms with Gasteiger partial charge in [0.05, 0.1) is 36.1 Å². The molecule has 15 nitrogen and oxygen atoms in total. The van der Waals surface area contributed by atoms with E-state index in [9.17, 15) is 45.9 Å². The number of halogens is 3. The Morgan fingerprint density at radius 2 is 1.82 bits per heavy atom. The zero-order valence-electron chi connectivity index (χ0n) is 35.2. The van der Waals surface area contributed by atoms with Gasteiger partial charge in [0.1, 0.15) is 29.0 Å². The number of nitrogens with one attached hydrogen (secondary N) is 3. The number of ether oxygens (including phenoxy) is 3. The van der Waals surface area contributed by atoms with Crippen molar-refractivity contribution in [3.05, 3.63) is 41.6 Å². The molecule has 4 amide bonds. The Bertz CT molecular complexity index is 2270. The number of allylic oxidation sites excluding steroid dienone is 1. The highest BCUT2D eigenvalue weighted by Crippen LogP contribution is 2.55. The first kappa shape index (κ1) is 44.4. The maximum absolute atomic E-state index is 14.9. The maximum Gasteiger partial charge on any atom is 0.437 e. The van der Waals surface area contributed by atoms with Gasteiger partial charge in [0.2, 0.25) is 21.8 Å². The normalized spacial score (nSPS) is 30.1. The van der Waals surface area contributed by atoms with Gasteiger partial charge in [-0.15, -0.1) is 0 Å². The first-order valence-corrected chi connectivity index (χ1v) is 22.1. The highest BCUT2D eigenvalue weighted by molar-refractivity contribution is 7.91. The third-order valence-corrected chi connectivity index (χ3v) is 14.6. The predicted molar refractivity (Wildman–Crippen MR) is 215 cm³/mol. The van der Waals surface area contributed by atoms with Crippen molar-refractivity contribution in [1.82, 2.24) is 25.2 Å². The summed E-state index contributed by atoms with van der Waals surface area (Å²) in [7, 11) is -2.76. The van der Waals surface area contributed by atoms with Gasteiger partial charge in [-0.05, 0) is 76.0 Å². The summed E-state index contributed by atoms with van der Waals surface area (Å²) in [4.78, 5) is 61.8. The van der Waals surface area contributed by atoms with Crippen LogP contribution in [0, 0.1) is 11.3 Å². The van der Waals surface area contributed by atoms with E-state index in [1.165, 1.54) is 39.2 Å². The number of sulfonamides is 1. The number of fused-ring (bicyclic) bond motifs is 5. The molecule has 0 bridgehead atoms. The second kappa shape index (κ2) is 15.3. The number of carbonyl (C=O) groups excluding carboxylic acids is 4. The highest BCUT2D eigenvalue weighted by Gasteiger charge is 2.65. The number of benzene rings is 1. The summed E-state index contributed by atoms with van der Waals surface area (Å²) in [6, 6.07) is 1.43. The van der Waals surface area contributed by atoms with E-state index in [0.717, 1.165) is 4.90 Å². The summed E-state index contributed by atoms with van der Waals surface area (Å²) in [5.74, 6) is -3.72. The zero-order chi connectivity index (χ0) is 44.6. The van der Waals surface area contributed by atoms with Crippen LogP contribution in [0.4, 0.5) is 18.0 Å². The summed E-state index contributed by atoms with van der Waals surface area (Å²) < 4.78 is 89.4. The molecular formula is C42H54F3N5O10S. The van der Waals surface area contributed by atoms with Crippen LogP contribution in [0.2, 0.25) is 0 Å². The van der Waals surface area contributed by atoms with Gasteiger partial charge in [0.25, 0.3) is 5.91 Å². The minimum atomic E-state index is -5.07. The van der Waals surface area contributed by atoms with Gasteiger partial charge >= 0.3 is 12.3 Å². The van der Waals surface area contributed by atoms with Crippen LogP contribution >= 0.6 is 0 Å². The molecule has 2 aliphatic carbocycles. The zero-order valence-corrected chi connectivity index (χ0v) is 36.0. The summed E-state index contributed by atoms with van der Waals surface area (Å²) >= 11 is 0. The molecule has 334 valence electrons. The number of rotatable bonds is 6. The second-order valence-electron chi connectivity index (χ2n) is 19.0. The molecule has 2 aromatic rings. The van der Waals surface area contributed by atoms with Crippen molar-refractivity contribution >= 4 is 44.7 Å². The van der Waals surface area contributed by atoms with E-state index < -0.39 is 116 Å². The summed E-state index contributed by atoms with van der Waals surface area (Å²) in [6.45, 7) is 7.90.